The van der Waals surface area contributed by atoms with Crippen molar-refractivity contribution in [1.29, 1.82) is 10.5 Å². The van der Waals surface area contributed by atoms with Crippen LogP contribution in [-0.2, 0) is 4.74 Å². The maximum Gasteiger partial charge on any atom is 0.337 e. The van der Waals surface area contributed by atoms with E-state index in [2.05, 4.69) is 17.0 Å². The number of rotatable bonds is 2. The average molecular weight is 377 g/mol. The Balaban J connectivity index is 1.86. The van der Waals surface area contributed by atoms with Crippen molar-refractivity contribution >= 4 is 11.7 Å². The SMILES string of the molecule is COC(=O)c1ccc(N2[C@@]3(C#N)CCCC[C@@H]3C[C@@H]3CCCC[C@@]32C#N)cc1. The van der Waals surface area contributed by atoms with Crippen LogP contribution in [-0.4, -0.2) is 24.2 Å². The van der Waals surface area contributed by atoms with Crippen LogP contribution in [0, 0.1) is 34.5 Å². The van der Waals surface area contributed by atoms with Crippen LogP contribution in [0.3, 0.4) is 0 Å². The first-order chi connectivity index (χ1) is 13.6. The van der Waals surface area contributed by atoms with Crippen LogP contribution < -0.4 is 4.90 Å². The molecule has 0 unspecified atom stereocenters. The molecule has 146 valence electrons. The summed E-state index contributed by atoms with van der Waals surface area (Å²) >= 11 is 0. The van der Waals surface area contributed by atoms with E-state index < -0.39 is 11.1 Å². The molecule has 2 aliphatic carbocycles. The Bertz CT molecular complexity index is 797. The van der Waals surface area contributed by atoms with Crippen molar-refractivity contribution in [3.05, 3.63) is 29.8 Å². The van der Waals surface area contributed by atoms with Gasteiger partial charge in [0.25, 0.3) is 0 Å². The van der Waals surface area contributed by atoms with Crippen molar-refractivity contribution in [3.8, 4) is 12.1 Å². The quantitative estimate of drug-likeness (QED) is 0.705. The molecule has 1 aromatic carbocycles. The van der Waals surface area contributed by atoms with Gasteiger partial charge in [-0.25, -0.2) is 4.79 Å². The number of ether oxygens (including phenoxy) is 1. The molecule has 28 heavy (non-hydrogen) atoms. The van der Waals surface area contributed by atoms with Crippen molar-refractivity contribution in [2.45, 2.75) is 68.9 Å². The van der Waals surface area contributed by atoms with Gasteiger partial charge in [-0.2, -0.15) is 10.5 Å². The number of hydrogen-bond acceptors (Lipinski definition) is 5. The molecule has 0 aromatic heterocycles. The topological polar surface area (TPSA) is 77.1 Å². The summed E-state index contributed by atoms with van der Waals surface area (Å²) in [5.41, 5.74) is 0.110. The molecular formula is C23H27N3O2. The molecule has 3 aliphatic rings. The van der Waals surface area contributed by atoms with E-state index in [4.69, 9.17) is 4.74 Å². The van der Waals surface area contributed by atoms with E-state index in [0.29, 0.717) is 17.4 Å². The summed E-state index contributed by atoms with van der Waals surface area (Å²) in [6.45, 7) is 0. The van der Waals surface area contributed by atoms with Gasteiger partial charge in [0.05, 0.1) is 24.8 Å². The summed E-state index contributed by atoms with van der Waals surface area (Å²) in [6.07, 6.45) is 9.08. The van der Waals surface area contributed by atoms with Gasteiger partial charge in [0.15, 0.2) is 0 Å². The average Bonchev–Trinajstić information content (AvgIpc) is 2.76. The van der Waals surface area contributed by atoms with E-state index in [0.717, 1.165) is 63.5 Å². The minimum absolute atomic E-state index is 0.302. The number of hydrogen-bond donors (Lipinski definition) is 0. The first-order valence-electron chi connectivity index (χ1n) is 10.4. The largest absolute Gasteiger partial charge is 0.465 e. The van der Waals surface area contributed by atoms with Gasteiger partial charge >= 0.3 is 5.97 Å². The van der Waals surface area contributed by atoms with E-state index in [9.17, 15) is 15.3 Å². The fourth-order valence-corrected chi connectivity index (χ4v) is 6.09. The van der Waals surface area contributed by atoms with Crippen molar-refractivity contribution in [2.75, 3.05) is 12.0 Å². The third-order valence-electron chi connectivity index (χ3n) is 7.37. The Morgan fingerprint density at radius 2 is 1.54 bits per heavy atom. The Hall–Kier alpha value is -2.53. The second kappa shape index (κ2) is 7.13. The Morgan fingerprint density at radius 1 is 1.00 bits per heavy atom. The number of nitrogens with zero attached hydrogens (tertiary/aromatic N) is 3. The monoisotopic (exact) mass is 377 g/mol. The summed E-state index contributed by atoms with van der Waals surface area (Å²) < 4.78 is 4.82. The molecule has 2 saturated carbocycles. The lowest BCUT2D eigenvalue weighted by atomic mass is 9.57. The number of carbonyl (C=O) groups excluding carboxylic acids is 1. The number of piperidine rings is 1. The second-order valence-electron chi connectivity index (χ2n) is 8.57. The van der Waals surface area contributed by atoms with Gasteiger partial charge in [-0.15, -0.1) is 0 Å². The van der Waals surface area contributed by atoms with Crippen molar-refractivity contribution in [1.82, 2.24) is 0 Å². The Labute approximate surface area is 166 Å². The van der Waals surface area contributed by atoms with E-state index in [-0.39, 0.29) is 5.97 Å². The normalized spacial score (nSPS) is 34.3. The highest BCUT2D eigenvalue weighted by molar-refractivity contribution is 5.89. The molecule has 5 heteroatoms. The number of carbonyl (C=O) groups is 1. The van der Waals surface area contributed by atoms with E-state index in [1.165, 1.54) is 7.11 Å². The number of benzene rings is 1. The molecule has 1 heterocycles. The molecular weight excluding hydrogens is 350 g/mol. The minimum Gasteiger partial charge on any atom is -0.465 e. The van der Waals surface area contributed by atoms with Crippen LogP contribution in [0.1, 0.15) is 68.1 Å². The van der Waals surface area contributed by atoms with Gasteiger partial charge in [-0.05, 0) is 68.2 Å². The summed E-state index contributed by atoms with van der Waals surface area (Å²) in [5.74, 6) is 0.230. The summed E-state index contributed by atoms with van der Waals surface area (Å²) in [5, 5.41) is 20.8. The molecule has 1 saturated heterocycles. The first-order valence-corrected chi connectivity index (χ1v) is 10.4. The zero-order valence-electron chi connectivity index (χ0n) is 16.5. The minimum atomic E-state index is -0.630. The fraction of sp³-hybridized carbons (Fsp3) is 0.609. The fourth-order valence-electron chi connectivity index (χ4n) is 6.09. The highest BCUT2D eigenvalue weighted by atomic mass is 16.5. The van der Waals surface area contributed by atoms with Crippen molar-refractivity contribution in [2.24, 2.45) is 11.8 Å². The molecule has 0 bridgehead atoms. The van der Waals surface area contributed by atoms with Crippen LogP contribution in [0.2, 0.25) is 0 Å². The highest BCUT2D eigenvalue weighted by Gasteiger charge is 2.61. The van der Waals surface area contributed by atoms with Crippen LogP contribution in [0.15, 0.2) is 24.3 Å². The second-order valence-corrected chi connectivity index (χ2v) is 8.57. The molecule has 4 rings (SSSR count). The van der Waals surface area contributed by atoms with E-state index in [1.54, 1.807) is 12.1 Å². The Kier molecular flexibility index (Phi) is 4.79. The van der Waals surface area contributed by atoms with Gasteiger partial charge in [0.1, 0.15) is 11.1 Å². The third-order valence-corrected chi connectivity index (χ3v) is 7.37. The van der Waals surface area contributed by atoms with Gasteiger partial charge in [-0.1, -0.05) is 25.7 Å². The molecule has 4 atom stereocenters. The maximum absolute atomic E-state index is 11.9. The van der Waals surface area contributed by atoms with Gasteiger partial charge in [0.2, 0.25) is 0 Å². The summed E-state index contributed by atoms with van der Waals surface area (Å²) in [7, 11) is 1.37. The predicted octanol–water partition coefficient (Wildman–Crippen LogP) is 4.59. The Morgan fingerprint density at radius 3 is 2.00 bits per heavy atom. The lowest BCUT2D eigenvalue weighted by molar-refractivity contribution is 0.0599. The van der Waals surface area contributed by atoms with Crippen LogP contribution in [0.4, 0.5) is 5.69 Å². The molecule has 5 nitrogen and oxygen atoms in total. The maximum atomic E-state index is 11.9. The number of fused-ring (bicyclic) bond motifs is 2. The van der Waals surface area contributed by atoms with Crippen LogP contribution >= 0.6 is 0 Å². The zero-order valence-corrected chi connectivity index (χ0v) is 16.5. The van der Waals surface area contributed by atoms with E-state index >= 15 is 0 Å². The van der Waals surface area contributed by atoms with E-state index in [1.807, 2.05) is 12.1 Å². The number of anilines is 1. The lowest BCUT2D eigenvalue weighted by Gasteiger charge is -2.62. The summed E-state index contributed by atoms with van der Waals surface area (Å²) in [4.78, 5) is 14.0. The molecule has 0 N–H and O–H groups in total. The van der Waals surface area contributed by atoms with Crippen molar-refractivity contribution in [3.63, 3.8) is 0 Å². The lowest BCUT2D eigenvalue weighted by Crippen LogP contribution is -2.71. The smallest absolute Gasteiger partial charge is 0.337 e. The summed E-state index contributed by atoms with van der Waals surface area (Å²) in [6, 6.07) is 12.7. The molecule has 0 radical (unpaired) electrons. The highest BCUT2D eigenvalue weighted by Crippen LogP contribution is 2.57. The van der Waals surface area contributed by atoms with Crippen LogP contribution in [0.5, 0.6) is 0 Å². The predicted molar refractivity (Wildman–Crippen MR) is 105 cm³/mol. The first kappa shape index (κ1) is 18.8. The standard InChI is InChI=1S/C23H27N3O2/c1-28-21(27)17-8-10-20(11-9-17)26-22(15-24)12-4-2-6-18(22)14-19-7-3-5-13-23(19,26)16-25/h8-11,18-19H,2-7,12-14H2,1H3/t18-,19+,22-,23-/m1/s1. The van der Waals surface area contributed by atoms with Gasteiger partial charge in [0, 0.05) is 5.69 Å². The molecule has 0 amide bonds. The van der Waals surface area contributed by atoms with Crippen LogP contribution in [0.25, 0.3) is 0 Å². The zero-order chi connectivity index (χ0) is 19.8. The molecule has 0 spiro atoms. The van der Waals surface area contributed by atoms with Gasteiger partial charge < -0.3 is 9.64 Å². The number of nitriles is 2. The third kappa shape index (κ3) is 2.60. The molecule has 1 aromatic rings. The number of esters is 1. The van der Waals surface area contributed by atoms with Gasteiger partial charge in [-0.3, -0.25) is 0 Å². The van der Waals surface area contributed by atoms with Crippen molar-refractivity contribution < 1.29 is 9.53 Å². The molecule has 3 fully saturated rings. The molecule has 1 aliphatic heterocycles. The number of methoxy groups -OCH3 is 1.